The molecule has 0 saturated carbocycles. The smallest absolute Gasteiger partial charge is 0.355 e. The first-order valence-corrected chi connectivity index (χ1v) is 14.8. The van der Waals surface area contributed by atoms with Crippen LogP contribution in [-0.4, -0.2) is 36.1 Å². The Kier molecular flexibility index (Phi) is 9.05. The van der Waals surface area contributed by atoms with Crippen molar-refractivity contribution in [1.82, 2.24) is 9.97 Å². The molecular weight excluding hydrogens is 584 g/mol. The summed E-state index contributed by atoms with van der Waals surface area (Å²) in [7, 11) is 3.29. The van der Waals surface area contributed by atoms with Crippen LogP contribution in [-0.2, 0) is 32.1 Å². The highest BCUT2D eigenvalue weighted by atomic mass is 16.7. The van der Waals surface area contributed by atoms with Gasteiger partial charge < -0.3 is 19.1 Å². The van der Waals surface area contributed by atoms with Gasteiger partial charge >= 0.3 is 11.9 Å². The Morgan fingerprint density at radius 1 is 0.630 bits per heavy atom. The van der Waals surface area contributed by atoms with Crippen LogP contribution >= 0.6 is 0 Å². The fraction of sp³-hybridized carbons (Fsp3) is 0.167. The van der Waals surface area contributed by atoms with Crippen LogP contribution in [0.25, 0.3) is 23.3 Å². The van der Waals surface area contributed by atoms with E-state index >= 15 is 0 Å². The normalized spacial score (nSPS) is 13.4. The van der Waals surface area contributed by atoms with E-state index < -0.39 is 11.9 Å². The summed E-state index contributed by atoms with van der Waals surface area (Å²) < 4.78 is 10.7. The van der Waals surface area contributed by atoms with Crippen molar-refractivity contribution in [3.05, 3.63) is 119 Å². The lowest BCUT2D eigenvalue weighted by molar-refractivity contribution is -0.137. The molecule has 6 rings (SSSR count). The van der Waals surface area contributed by atoms with E-state index in [-0.39, 0.29) is 0 Å². The SMILES string of the molecule is COc1ccc2c(c1)C=C(c1cc(NOC(=O)/C=C/C(=O)ONc3ccnc(C4=Cc5cc(OC)ccc5CC4)c3)ccn1)CC2. The van der Waals surface area contributed by atoms with Gasteiger partial charge in [-0.05, 0) is 120 Å². The van der Waals surface area contributed by atoms with Crippen LogP contribution < -0.4 is 20.4 Å². The number of pyridine rings is 2. The fourth-order valence-electron chi connectivity index (χ4n) is 5.35. The van der Waals surface area contributed by atoms with Gasteiger partial charge in [-0.15, -0.1) is 0 Å². The predicted octanol–water partition coefficient (Wildman–Crippen LogP) is 6.46. The number of rotatable bonds is 10. The van der Waals surface area contributed by atoms with Gasteiger partial charge in [-0.25, -0.2) is 20.5 Å². The van der Waals surface area contributed by atoms with Crippen molar-refractivity contribution in [3.8, 4) is 11.5 Å². The molecule has 10 heteroatoms. The zero-order chi connectivity index (χ0) is 31.9. The van der Waals surface area contributed by atoms with Gasteiger partial charge in [-0.1, -0.05) is 12.1 Å². The lowest BCUT2D eigenvalue weighted by Gasteiger charge is -2.17. The minimum absolute atomic E-state index is 0.539. The molecule has 0 atom stereocenters. The Morgan fingerprint density at radius 2 is 1.09 bits per heavy atom. The molecule has 0 aliphatic heterocycles. The quantitative estimate of drug-likeness (QED) is 0.152. The van der Waals surface area contributed by atoms with E-state index in [1.807, 2.05) is 24.3 Å². The number of aryl methyl sites for hydroxylation is 2. The predicted molar refractivity (Wildman–Crippen MR) is 175 cm³/mol. The number of nitrogens with zero attached hydrogens (tertiary/aromatic N) is 2. The van der Waals surface area contributed by atoms with Gasteiger partial charge in [0.1, 0.15) is 11.5 Å². The van der Waals surface area contributed by atoms with Crippen LogP contribution in [0.1, 0.15) is 46.5 Å². The third-order valence-electron chi connectivity index (χ3n) is 7.77. The van der Waals surface area contributed by atoms with Crippen molar-refractivity contribution in [2.24, 2.45) is 0 Å². The Bertz CT molecular complexity index is 1750. The molecule has 10 nitrogen and oxygen atoms in total. The second-order valence-electron chi connectivity index (χ2n) is 10.7. The van der Waals surface area contributed by atoms with Crippen molar-refractivity contribution in [1.29, 1.82) is 0 Å². The Balaban J connectivity index is 1.00. The number of hydrogen-bond acceptors (Lipinski definition) is 10. The second kappa shape index (κ2) is 13.8. The molecule has 4 aromatic rings. The number of allylic oxidation sites excluding steroid dienone is 2. The van der Waals surface area contributed by atoms with Crippen molar-refractivity contribution in [2.45, 2.75) is 25.7 Å². The topological polar surface area (TPSA) is 121 Å². The summed E-state index contributed by atoms with van der Waals surface area (Å²) in [4.78, 5) is 43.7. The van der Waals surface area contributed by atoms with Crippen LogP contribution in [0.15, 0.2) is 85.2 Å². The zero-order valence-electron chi connectivity index (χ0n) is 25.4. The number of anilines is 2. The van der Waals surface area contributed by atoms with E-state index in [9.17, 15) is 9.59 Å². The molecule has 2 N–H and O–H groups in total. The summed E-state index contributed by atoms with van der Waals surface area (Å²) in [5.41, 5.74) is 14.7. The highest BCUT2D eigenvalue weighted by Crippen LogP contribution is 2.33. The molecule has 0 radical (unpaired) electrons. The van der Waals surface area contributed by atoms with Gasteiger partial charge in [0, 0.05) is 24.5 Å². The first kappa shape index (κ1) is 30.1. The number of ether oxygens (including phenoxy) is 2. The molecule has 2 aromatic heterocycles. The van der Waals surface area contributed by atoms with Crippen LogP contribution in [0.3, 0.4) is 0 Å². The van der Waals surface area contributed by atoms with Gasteiger partial charge in [0.15, 0.2) is 0 Å². The number of fused-ring (bicyclic) bond motifs is 2. The molecule has 0 amide bonds. The third-order valence-corrected chi connectivity index (χ3v) is 7.77. The molecule has 2 heterocycles. The first-order valence-electron chi connectivity index (χ1n) is 14.8. The summed E-state index contributed by atoms with van der Waals surface area (Å²) in [6.07, 6.45) is 12.9. The van der Waals surface area contributed by atoms with Crippen LogP contribution in [0.5, 0.6) is 11.5 Å². The number of nitrogens with one attached hydrogen (secondary N) is 2. The zero-order valence-corrected chi connectivity index (χ0v) is 25.4. The molecule has 0 saturated heterocycles. The largest absolute Gasteiger partial charge is 0.497 e. The molecule has 2 aliphatic carbocycles. The lowest BCUT2D eigenvalue weighted by Crippen LogP contribution is -2.11. The molecule has 0 bridgehead atoms. The summed E-state index contributed by atoms with van der Waals surface area (Å²) in [5, 5.41) is 0. The average molecular weight is 617 g/mol. The maximum atomic E-state index is 12.3. The van der Waals surface area contributed by atoms with Crippen LogP contribution in [0, 0.1) is 0 Å². The number of hydrogen-bond donors (Lipinski definition) is 2. The van der Waals surface area contributed by atoms with Crippen molar-refractivity contribution in [3.63, 3.8) is 0 Å². The number of methoxy groups -OCH3 is 2. The molecule has 0 unspecified atom stereocenters. The van der Waals surface area contributed by atoms with Crippen molar-refractivity contribution in [2.75, 3.05) is 25.2 Å². The minimum atomic E-state index is -0.777. The van der Waals surface area contributed by atoms with E-state index in [1.54, 1.807) is 50.9 Å². The highest BCUT2D eigenvalue weighted by molar-refractivity contribution is 5.92. The molecule has 232 valence electrons. The van der Waals surface area contributed by atoms with Gasteiger partial charge in [0.25, 0.3) is 0 Å². The Hall–Kier alpha value is -5.90. The van der Waals surface area contributed by atoms with Crippen LogP contribution in [0.2, 0.25) is 0 Å². The molecule has 0 spiro atoms. The molecule has 0 fully saturated rings. The molecule has 2 aromatic carbocycles. The first-order chi connectivity index (χ1) is 22.5. The number of aromatic nitrogens is 2. The standard InChI is InChI=1S/C36H32N4O6/c1-43-31-9-7-23-3-5-25(17-27(23)19-31)33-21-29(13-15-37-33)39-45-35(41)11-12-36(42)46-40-30-14-16-38-34(22-30)26-6-4-24-8-10-32(44-2)20-28(24)18-26/h7-22H,3-6H2,1-2H3,(H,37,39)(H,38,40)/b12-11+. The van der Waals surface area contributed by atoms with Gasteiger partial charge in [-0.2, -0.15) is 0 Å². The van der Waals surface area contributed by atoms with E-state index in [0.29, 0.717) is 11.4 Å². The third kappa shape index (κ3) is 7.24. The molecule has 46 heavy (non-hydrogen) atoms. The monoisotopic (exact) mass is 616 g/mol. The Labute approximate surface area is 266 Å². The fourth-order valence-corrected chi connectivity index (χ4v) is 5.35. The second-order valence-corrected chi connectivity index (χ2v) is 10.7. The summed E-state index contributed by atoms with van der Waals surface area (Å²) >= 11 is 0. The maximum Gasteiger partial charge on any atom is 0.355 e. The molecular formula is C36H32N4O6. The van der Waals surface area contributed by atoms with Crippen LogP contribution in [0.4, 0.5) is 11.4 Å². The number of benzene rings is 2. The summed E-state index contributed by atoms with van der Waals surface area (Å²) in [5.74, 6) is 0.0418. The molecule has 2 aliphatic rings. The van der Waals surface area contributed by atoms with Gasteiger partial charge in [-0.3, -0.25) is 9.97 Å². The van der Waals surface area contributed by atoms with Gasteiger partial charge in [0.2, 0.25) is 0 Å². The number of carbonyl (C=O) groups is 2. The lowest BCUT2D eigenvalue weighted by atomic mass is 9.90. The van der Waals surface area contributed by atoms with E-state index in [4.69, 9.17) is 19.1 Å². The van der Waals surface area contributed by atoms with Crippen molar-refractivity contribution < 1.29 is 28.7 Å². The van der Waals surface area contributed by atoms with E-state index in [0.717, 1.165) is 83.0 Å². The Morgan fingerprint density at radius 3 is 1.52 bits per heavy atom. The highest BCUT2D eigenvalue weighted by Gasteiger charge is 2.16. The van der Waals surface area contributed by atoms with Gasteiger partial charge in [0.05, 0.1) is 37.0 Å². The van der Waals surface area contributed by atoms with E-state index in [2.05, 4.69) is 45.2 Å². The number of carbonyl (C=O) groups excluding carboxylic acids is 2. The van der Waals surface area contributed by atoms with E-state index in [1.165, 1.54) is 11.1 Å². The minimum Gasteiger partial charge on any atom is -0.497 e. The summed E-state index contributed by atoms with van der Waals surface area (Å²) in [6, 6.07) is 19.1. The maximum absolute atomic E-state index is 12.3. The average Bonchev–Trinajstić information content (AvgIpc) is 3.11. The van der Waals surface area contributed by atoms with Crippen molar-refractivity contribution >= 4 is 46.6 Å². The summed E-state index contributed by atoms with van der Waals surface area (Å²) in [6.45, 7) is 0.